The average molecular weight is 379 g/mol. The Kier molecular flexibility index (Phi) is 6.67. The SMILES string of the molecule is O=[N+]([O-])c1cccc(OCC(O)CNC(c2ccccc2)c2ccccn2)c1. The number of nitro groups is 1. The van der Waals surface area contributed by atoms with Crippen molar-refractivity contribution in [3.05, 3.63) is 100 Å². The molecule has 1 heterocycles. The first-order valence-electron chi connectivity index (χ1n) is 8.88. The zero-order valence-corrected chi connectivity index (χ0v) is 15.1. The molecule has 0 aliphatic rings. The summed E-state index contributed by atoms with van der Waals surface area (Å²) in [5.74, 6) is 0.345. The van der Waals surface area contributed by atoms with Crippen LogP contribution in [-0.4, -0.2) is 34.3 Å². The average Bonchev–Trinajstić information content (AvgIpc) is 2.74. The summed E-state index contributed by atoms with van der Waals surface area (Å²) in [4.78, 5) is 14.8. The van der Waals surface area contributed by atoms with E-state index < -0.39 is 11.0 Å². The fourth-order valence-electron chi connectivity index (χ4n) is 2.78. The van der Waals surface area contributed by atoms with Gasteiger partial charge in [-0.05, 0) is 23.8 Å². The van der Waals surface area contributed by atoms with E-state index >= 15 is 0 Å². The van der Waals surface area contributed by atoms with Gasteiger partial charge in [0.15, 0.2) is 0 Å². The predicted octanol–water partition coefficient (Wildman–Crippen LogP) is 3.11. The van der Waals surface area contributed by atoms with Crippen molar-refractivity contribution in [2.75, 3.05) is 13.2 Å². The van der Waals surface area contributed by atoms with E-state index in [1.165, 1.54) is 12.1 Å². The van der Waals surface area contributed by atoms with E-state index in [-0.39, 0.29) is 24.9 Å². The molecule has 0 fully saturated rings. The quantitative estimate of drug-likeness (QED) is 0.438. The van der Waals surface area contributed by atoms with Gasteiger partial charge in [-0.2, -0.15) is 0 Å². The number of nitrogens with one attached hydrogen (secondary N) is 1. The zero-order chi connectivity index (χ0) is 19.8. The molecule has 0 saturated heterocycles. The summed E-state index contributed by atoms with van der Waals surface area (Å²) in [5.41, 5.74) is 1.83. The summed E-state index contributed by atoms with van der Waals surface area (Å²) in [6.07, 6.45) is 0.934. The molecule has 2 aromatic carbocycles. The van der Waals surface area contributed by atoms with Crippen LogP contribution in [0.15, 0.2) is 79.0 Å². The normalized spacial score (nSPS) is 12.9. The Labute approximate surface area is 162 Å². The molecule has 0 spiro atoms. The van der Waals surface area contributed by atoms with Crippen molar-refractivity contribution in [1.82, 2.24) is 10.3 Å². The van der Waals surface area contributed by atoms with Crippen molar-refractivity contribution >= 4 is 5.69 Å². The maximum Gasteiger partial charge on any atom is 0.273 e. The first kappa shape index (κ1) is 19.5. The molecule has 144 valence electrons. The highest BCUT2D eigenvalue weighted by Gasteiger charge is 2.17. The fourth-order valence-corrected chi connectivity index (χ4v) is 2.78. The molecule has 0 saturated carbocycles. The van der Waals surface area contributed by atoms with E-state index in [0.29, 0.717) is 5.75 Å². The lowest BCUT2D eigenvalue weighted by Crippen LogP contribution is -2.34. The molecule has 7 heteroatoms. The second-order valence-electron chi connectivity index (χ2n) is 6.23. The van der Waals surface area contributed by atoms with Gasteiger partial charge in [0.05, 0.1) is 22.7 Å². The lowest BCUT2D eigenvalue weighted by atomic mass is 10.0. The summed E-state index contributed by atoms with van der Waals surface area (Å²) in [6.45, 7) is 0.281. The van der Waals surface area contributed by atoms with Gasteiger partial charge in [-0.3, -0.25) is 15.1 Å². The lowest BCUT2D eigenvalue weighted by molar-refractivity contribution is -0.384. The van der Waals surface area contributed by atoms with E-state index in [0.717, 1.165) is 11.3 Å². The number of ether oxygens (including phenoxy) is 1. The van der Waals surface area contributed by atoms with Crippen LogP contribution >= 0.6 is 0 Å². The van der Waals surface area contributed by atoms with Crippen LogP contribution in [0.1, 0.15) is 17.3 Å². The molecule has 28 heavy (non-hydrogen) atoms. The van der Waals surface area contributed by atoms with E-state index in [4.69, 9.17) is 4.74 Å². The molecule has 0 aliphatic heterocycles. The predicted molar refractivity (Wildman–Crippen MR) is 105 cm³/mol. The van der Waals surface area contributed by atoms with Gasteiger partial charge in [-0.15, -0.1) is 0 Å². The largest absolute Gasteiger partial charge is 0.491 e. The van der Waals surface area contributed by atoms with Crippen LogP contribution in [0.5, 0.6) is 5.75 Å². The van der Waals surface area contributed by atoms with Crippen LogP contribution in [0.2, 0.25) is 0 Å². The minimum absolute atomic E-state index is 0.0118. The molecule has 0 amide bonds. The molecule has 2 unspecified atom stereocenters. The summed E-state index contributed by atoms with van der Waals surface area (Å²) >= 11 is 0. The van der Waals surface area contributed by atoms with Crippen LogP contribution in [0.3, 0.4) is 0 Å². The first-order valence-corrected chi connectivity index (χ1v) is 8.88. The number of aliphatic hydroxyl groups is 1. The number of non-ortho nitro benzene ring substituents is 1. The third-order valence-electron chi connectivity index (χ3n) is 4.14. The van der Waals surface area contributed by atoms with Crippen LogP contribution in [0, 0.1) is 10.1 Å². The molecule has 1 aromatic heterocycles. The molecule has 2 N–H and O–H groups in total. The molecule has 0 aliphatic carbocycles. The van der Waals surface area contributed by atoms with Gasteiger partial charge in [-0.25, -0.2) is 0 Å². The molecular formula is C21H21N3O4. The summed E-state index contributed by atoms with van der Waals surface area (Å²) in [6, 6.07) is 21.3. The minimum atomic E-state index is -0.797. The number of benzene rings is 2. The minimum Gasteiger partial charge on any atom is -0.491 e. The Morgan fingerprint density at radius 3 is 2.57 bits per heavy atom. The number of nitrogens with zero attached hydrogens (tertiary/aromatic N) is 2. The number of nitro benzene ring substituents is 1. The number of rotatable bonds is 9. The van der Waals surface area contributed by atoms with Crippen LogP contribution in [0.4, 0.5) is 5.69 Å². The van der Waals surface area contributed by atoms with Crippen molar-refractivity contribution in [3.8, 4) is 5.75 Å². The van der Waals surface area contributed by atoms with E-state index in [9.17, 15) is 15.2 Å². The van der Waals surface area contributed by atoms with Crippen molar-refractivity contribution < 1.29 is 14.8 Å². The number of pyridine rings is 1. The monoisotopic (exact) mass is 379 g/mol. The Morgan fingerprint density at radius 2 is 1.86 bits per heavy atom. The highest BCUT2D eigenvalue weighted by Crippen LogP contribution is 2.21. The smallest absolute Gasteiger partial charge is 0.273 e. The molecule has 2 atom stereocenters. The van der Waals surface area contributed by atoms with Gasteiger partial charge in [0.25, 0.3) is 5.69 Å². The molecule has 3 aromatic rings. The van der Waals surface area contributed by atoms with E-state index in [1.54, 1.807) is 18.3 Å². The van der Waals surface area contributed by atoms with E-state index in [2.05, 4.69) is 10.3 Å². The van der Waals surface area contributed by atoms with E-state index in [1.807, 2.05) is 48.5 Å². The maximum absolute atomic E-state index is 10.8. The molecule has 0 radical (unpaired) electrons. The van der Waals surface area contributed by atoms with Gasteiger partial charge < -0.3 is 15.2 Å². The van der Waals surface area contributed by atoms with Gasteiger partial charge in [-0.1, -0.05) is 42.5 Å². The van der Waals surface area contributed by atoms with Gasteiger partial charge in [0, 0.05) is 18.8 Å². The Bertz CT molecular complexity index is 851. The zero-order valence-electron chi connectivity index (χ0n) is 15.1. The second kappa shape index (κ2) is 9.59. The van der Waals surface area contributed by atoms with Gasteiger partial charge in [0.2, 0.25) is 0 Å². The van der Waals surface area contributed by atoms with Crippen LogP contribution in [-0.2, 0) is 0 Å². The second-order valence-corrected chi connectivity index (χ2v) is 6.23. The Morgan fingerprint density at radius 1 is 1.07 bits per heavy atom. The summed E-state index contributed by atoms with van der Waals surface area (Å²) < 4.78 is 5.49. The molecule has 7 nitrogen and oxygen atoms in total. The Hall–Kier alpha value is -3.29. The van der Waals surface area contributed by atoms with Crippen molar-refractivity contribution in [2.45, 2.75) is 12.1 Å². The van der Waals surface area contributed by atoms with Crippen molar-refractivity contribution in [3.63, 3.8) is 0 Å². The van der Waals surface area contributed by atoms with Crippen molar-refractivity contribution in [1.29, 1.82) is 0 Å². The fraction of sp³-hybridized carbons (Fsp3) is 0.190. The number of aromatic nitrogens is 1. The van der Waals surface area contributed by atoms with Crippen LogP contribution < -0.4 is 10.1 Å². The third kappa shape index (κ3) is 5.35. The summed E-state index contributed by atoms with van der Waals surface area (Å²) in [7, 11) is 0. The molecule has 0 bridgehead atoms. The lowest BCUT2D eigenvalue weighted by Gasteiger charge is -2.21. The summed E-state index contributed by atoms with van der Waals surface area (Å²) in [5, 5.41) is 24.4. The highest BCUT2D eigenvalue weighted by atomic mass is 16.6. The molecule has 3 rings (SSSR count). The maximum atomic E-state index is 10.8. The number of hydrogen-bond donors (Lipinski definition) is 2. The topological polar surface area (TPSA) is 97.5 Å². The highest BCUT2D eigenvalue weighted by molar-refractivity contribution is 5.38. The molecular weight excluding hydrogens is 358 g/mol. The van der Waals surface area contributed by atoms with Gasteiger partial charge >= 0.3 is 0 Å². The third-order valence-corrected chi connectivity index (χ3v) is 4.14. The Balaban J connectivity index is 1.60. The van der Waals surface area contributed by atoms with Crippen LogP contribution in [0.25, 0.3) is 0 Å². The first-order chi connectivity index (χ1) is 13.6. The number of hydrogen-bond acceptors (Lipinski definition) is 6. The van der Waals surface area contributed by atoms with Gasteiger partial charge in [0.1, 0.15) is 18.5 Å². The standard InChI is InChI=1S/C21H21N3O4/c25-18(15-28-19-10-6-9-17(13-19)24(26)27)14-23-21(16-7-2-1-3-8-16)20-11-4-5-12-22-20/h1-13,18,21,23,25H,14-15H2. The van der Waals surface area contributed by atoms with Crippen molar-refractivity contribution in [2.24, 2.45) is 0 Å². The number of aliphatic hydroxyl groups excluding tert-OH is 1.